The fourth-order valence-electron chi connectivity index (χ4n) is 2.10. The number of carbonyl (C=O) groups is 2. The molecule has 0 spiro atoms. The number of hydrogen-bond acceptors (Lipinski definition) is 2. The molecule has 5 nitrogen and oxygen atoms in total. The van der Waals surface area contributed by atoms with Crippen molar-refractivity contribution < 1.29 is 14.7 Å². The van der Waals surface area contributed by atoms with Gasteiger partial charge in [0.15, 0.2) is 0 Å². The van der Waals surface area contributed by atoms with Gasteiger partial charge < -0.3 is 15.3 Å². The Labute approximate surface area is 118 Å². The highest BCUT2D eigenvalue weighted by Gasteiger charge is 2.17. The number of amides is 2. The summed E-state index contributed by atoms with van der Waals surface area (Å²) in [4.78, 5) is 24.1. The first kappa shape index (κ1) is 15.8. The molecule has 108 valence electrons. The van der Waals surface area contributed by atoms with Crippen LogP contribution in [-0.2, 0) is 4.79 Å². The van der Waals surface area contributed by atoms with Gasteiger partial charge in [-0.3, -0.25) is 4.79 Å². The van der Waals surface area contributed by atoms with E-state index in [1.54, 1.807) is 0 Å². The largest absolute Gasteiger partial charge is 0.480 e. The molecule has 0 aromatic heterocycles. The minimum Gasteiger partial charge on any atom is -0.480 e. The molecule has 2 amide bonds. The Morgan fingerprint density at radius 3 is 2.30 bits per heavy atom. The highest BCUT2D eigenvalue weighted by atomic mass is 16.4. The van der Waals surface area contributed by atoms with E-state index in [-0.39, 0.29) is 13.1 Å². The molecule has 1 rings (SSSR count). The molecule has 1 aromatic rings. The van der Waals surface area contributed by atoms with Crippen molar-refractivity contribution in [1.29, 1.82) is 0 Å². The van der Waals surface area contributed by atoms with E-state index in [0.29, 0.717) is 0 Å². The van der Waals surface area contributed by atoms with Crippen molar-refractivity contribution in [1.82, 2.24) is 4.90 Å². The van der Waals surface area contributed by atoms with Crippen molar-refractivity contribution in [2.45, 2.75) is 20.8 Å². The molecule has 0 aliphatic carbocycles. The number of benzene rings is 1. The van der Waals surface area contributed by atoms with E-state index in [1.807, 2.05) is 32.9 Å². The standard InChI is InChI=1S/C15H20N2O3/c1-5-6-17(9-13(18)19)15(20)16-14-11(3)7-10(2)8-12(14)4/h5,7-8H,1,6,9H2,2-4H3,(H,16,20)(H,18,19). The number of aryl methyl sites for hydroxylation is 3. The number of nitrogens with zero attached hydrogens (tertiary/aromatic N) is 1. The first-order chi connectivity index (χ1) is 9.35. The Morgan fingerprint density at radius 1 is 1.30 bits per heavy atom. The number of carbonyl (C=O) groups excluding carboxylic acids is 1. The maximum Gasteiger partial charge on any atom is 0.323 e. The number of urea groups is 1. The van der Waals surface area contributed by atoms with Crippen LogP contribution in [0.15, 0.2) is 24.8 Å². The molecule has 1 aromatic carbocycles. The predicted octanol–water partition coefficient (Wildman–Crippen LogP) is 2.72. The lowest BCUT2D eigenvalue weighted by molar-refractivity contribution is -0.137. The maximum absolute atomic E-state index is 12.1. The van der Waals surface area contributed by atoms with Gasteiger partial charge in [0.1, 0.15) is 6.54 Å². The van der Waals surface area contributed by atoms with Gasteiger partial charge >= 0.3 is 12.0 Å². The van der Waals surface area contributed by atoms with Gasteiger partial charge in [-0.1, -0.05) is 23.8 Å². The quantitative estimate of drug-likeness (QED) is 0.812. The Morgan fingerprint density at radius 2 is 1.85 bits per heavy atom. The van der Waals surface area contributed by atoms with Crippen molar-refractivity contribution in [3.63, 3.8) is 0 Å². The SMILES string of the molecule is C=CCN(CC(=O)O)C(=O)Nc1c(C)cc(C)cc1C. The van der Waals surface area contributed by atoms with Crippen molar-refractivity contribution in [2.75, 3.05) is 18.4 Å². The number of carboxylic acid groups (broad SMARTS) is 1. The Bertz CT molecular complexity index is 515. The zero-order valence-corrected chi connectivity index (χ0v) is 12.1. The van der Waals surface area contributed by atoms with Crippen LogP contribution in [-0.4, -0.2) is 35.1 Å². The third-order valence-corrected chi connectivity index (χ3v) is 2.87. The third kappa shape index (κ3) is 4.12. The van der Waals surface area contributed by atoms with Crippen LogP contribution in [0.1, 0.15) is 16.7 Å². The lowest BCUT2D eigenvalue weighted by Gasteiger charge is -2.21. The lowest BCUT2D eigenvalue weighted by Crippen LogP contribution is -2.39. The van der Waals surface area contributed by atoms with E-state index in [9.17, 15) is 9.59 Å². The van der Waals surface area contributed by atoms with Crippen LogP contribution in [0.3, 0.4) is 0 Å². The van der Waals surface area contributed by atoms with E-state index in [0.717, 1.165) is 22.4 Å². The van der Waals surface area contributed by atoms with Gasteiger partial charge in [-0.25, -0.2) is 4.79 Å². The van der Waals surface area contributed by atoms with E-state index < -0.39 is 12.0 Å². The smallest absolute Gasteiger partial charge is 0.323 e. The molecule has 5 heteroatoms. The molecule has 0 heterocycles. The monoisotopic (exact) mass is 276 g/mol. The highest BCUT2D eigenvalue weighted by molar-refractivity contribution is 5.93. The summed E-state index contributed by atoms with van der Waals surface area (Å²) in [5.41, 5.74) is 3.74. The van der Waals surface area contributed by atoms with Crippen LogP contribution in [0.4, 0.5) is 10.5 Å². The van der Waals surface area contributed by atoms with Gasteiger partial charge in [0.2, 0.25) is 0 Å². The van der Waals surface area contributed by atoms with Crippen LogP contribution in [0.25, 0.3) is 0 Å². The second-order valence-corrected chi connectivity index (χ2v) is 4.77. The average Bonchev–Trinajstić information content (AvgIpc) is 2.32. The minimum atomic E-state index is -1.06. The normalized spacial score (nSPS) is 9.95. The Kier molecular flexibility index (Phi) is 5.32. The van der Waals surface area contributed by atoms with Crippen LogP contribution in [0.5, 0.6) is 0 Å². The summed E-state index contributed by atoms with van der Waals surface area (Å²) < 4.78 is 0. The highest BCUT2D eigenvalue weighted by Crippen LogP contribution is 2.22. The van der Waals surface area contributed by atoms with E-state index >= 15 is 0 Å². The summed E-state index contributed by atoms with van der Waals surface area (Å²) in [6, 6.07) is 3.50. The zero-order valence-electron chi connectivity index (χ0n) is 12.1. The second-order valence-electron chi connectivity index (χ2n) is 4.77. The summed E-state index contributed by atoms with van der Waals surface area (Å²) in [7, 11) is 0. The number of nitrogens with one attached hydrogen (secondary N) is 1. The predicted molar refractivity (Wildman–Crippen MR) is 79.1 cm³/mol. The molecule has 0 saturated carbocycles. The number of anilines is 1. The van der Waals surface area contributed by atoms with Crippen LogP contribution < -0.4 is 5.32 Å². The second kappa shape index (κ2) is 6.75. The van der Waals surface area contributed by atoms with Gasteiger partial charge in [0.25, 0.3) is 0 Å². The maximum atomic E-state index is 12.1. The molecular formula is C15H20N2O3. The number of rotatable bonds is 5. The molecule has 2 N–H and O–H groups in total. The van der Waals surface area contributed by atoms with Crippen molar-refractivity contribution in [2.24, 2.45) is 0 Å². The first-order valence-electron chi connectivity index (χ1n) is 6.31. The minimum absolute atomic E-state index is 0.183. The van der Waals surface area contributed by atoms with Gasteiger partial charge in [0.05, 0.1) is 0 Å². The molecule has 0 atom stereocenters. The molecular weight excluding hydrogens is 256 g/mol. The molecule has 20 heavy (non-hydrogen) atoms. The molecule has 0 radical (unpaired) electrons. The zero-order chi connectivity index (χ0) is 15.3. The summed E-state index contributed by atoms with van der Waals surface area (Å²) >= 11 is 0. The first-order valence-corrected chi connectivity index (χ1v) is 6.31. The van der Waals surface area contributed by atoms with Crippen LogP contribution in [0.2, 0.25) is 0 Å². The molecule has 0 fully saturated rings. The fraction of sp³-hybridized carbons (Fsp3) is 0.333. The molecule has 0 saturated heterocycles. The lowest BCUT2D eigenvalue weighted by atomic mass is 10.1. The van der Waals surface area contributed by atoms with Crippen LogP contribution >= 0.6 is 0 Å². The van der Waals surface area contributed by atoms with Crippen molar-refractivity contribution in [3.05, 3.63) is 41.5 Å². The Balaban J connectivity index is 2.93. The fourth-order valence-corrected chi connectivity index (χ4v) is 2.10. The summed E-state index contributed by atoms with van der Waals surface area (Å²) in [6.07, 6.45) is 1.50. The number of hydrogen-bond donors (Lipinski definition) is 2. The summed E-state index contributed by atoms with van der Waals surface area (Å²) in [5.74, 6) is -1.06. The Hall–Kier alpha value is -2.30. The molecule has 0 aliphatic heterocycles. The molecule has 0 bridgehead atoms. The topological polar surface area (TPSA) is 69.6 Å². The van der Waals surface area contributed by atoms with Crippen LogP contribution in [0, 0.1) is 20.8 Å². The number of aliphatic carboxylic acids is 1. The summed E-state index contributed by atoms with van der Waals surface area (Å²) in [5, 5.41) is 11.6. The van der Waals surface area contributed by atoms with Crippen molar-refractivity contribution >= 4 is 17.7 Å². The van der Waals surface area contributed by atoms with E-state index in [2.05, 4.69) is 11.9 Å². The van der Waals surface area contributed by atoms with E-state index in [4.69, 9.17) is 5.11 Å². The molecule has 0 aliphatic rings. The van der Waals surface area contributed by atoms with Gasteiger partial charge in [-0.15, -0.1) is 6.58 Å². The van der Waals surface area contributed by atoms with Crippen molar-refractivity contribution in [3.8, 4) is 0 Å². The molecule has 0 unspecified atom stereocenters. The van der Waals surface area contributed by atoms with Gasteiger partial charge in [0, 0.05) is 12.2 Å². The third-order valence-electron chi connectivity index (χ3n) is 2.87. The number of carboxylic acids is 1. The van der Waals surface area contributed by atoms with Gasteiger partial charge in [-0.05, 0) is 31.9 Å². The van der Waals surface area contributed by atoms with E-state index in [1.165, 1.54) is 11.0 Å². The summed E-state index contributed by atoms with van der Waals surface area (Å²) in [6.45, 7) is 9.15. The average molecular weight is 276 g/mol. The van der Waals surface area contributed by atoms with Gasteiger partial charge in [-0.2, -0.15) is 0 Å².